The molecule has 1 unspecified atom stereocenters. The average molecular weight is 484 g/mol. The minimum Gasteiger partial charge on any atom is -0.478 e. The zero-order chi connectivity index (χ0) is 24.2. The van der Waals surface area contributed by atoms with Crippen LogP contribution in [0.1, 0.15) is 73.5 Å². The molecule has 3 N–H and O–H groups in total. The van der Waals surface area contributed by atoms with Crippen molar-refractivity contribution in [3.05, 3.63) is 52.8 Å². The summed E-state index contributed by atoms with van der Waals surface area (Å²) >= 11 is 1.32. The molecule has 0 radical (unpaired) electrons. The van der Waals surface area contributed by atoms with Crippen LogP contribution in [0.5, 0.6) is 0 Å². The van der Waals surface area contributed by atoms with Gasteiger partial charge in [-0.15, -0.1) is 11.3 Å². The highest BCUT2D eigenvalue weighted by molar-refractivity contribution is 7.13. The zero-order valence-electron chi connectivity index (χ0n) is 19.3. The summed E-state index contributed by atoms with van der Waals surface area (Å²) in [4.78, 5) is 28.3. The van der Waals surface area contributed by atoms with Crippen molar-refractivity contribution in [2.24, 2.45) is 11.7 Å². The lowest BCUT2D eigenvalue weighted by Crippen LogP contribution is -2.21. The number of halogens is 1. The Morgan fingerprint density at radius 1 is 1.26 bits per heavy atom. The lowest BCUT2D eigenvalue weighted by Gasteiger charge is -2.29. The molecular formula is C26H30FN3O3S. The van der Waals surface area contributed by atoms with Gasteiger partial charge in [-0.2, -0.15) is 0 Å². The Bertz CT molecular complexity index is 1180. The molecule has 1 fully saturated rings. The lowest BCUT2D eigenvalue weighted by molar-refractivity contribution is -0.118. The average Bonchev–Trinajstić information content (AvgIpc) is 3.42. The van der Waals surface area contributed by atoms with Crippen LogP contribution < -0.4 is 5.73 Å². The molecule has 2 heterocycles. The summed E-state index contributed by atoms with van der Waals surface area (Å²) in [6.07, 6.45) is 7.56. The SMILES string of the molecule is Cc1c(C(=O)O)cc(-c2csc(-c3ccccc3F)n2)n1C(CCC(N)=O)CC1CCCCC1. The summed E-state index contributed by atoms with van der Waals surface area (Å²) in [5, 5.41) is 12.2. The van der Waals surface area contributed by atoms with Crippen LogP contribution in [0.2, 0.25) is 0 Å². The first-order valence-electron chi connectivity index (χ1n) is 11.8. The first kappa shape index (κ1) is 24.1. The van der Waals surface area contributed by atoms with Crippen molar-refractivity contribution in [1.82, 2.24) is 9.55 Å². The lowest BCUT2D eigenvalue weighted by atomic mass is 9.83. The number of rotatable bonds is 9. The predicted octanol–water partition coefficient (Wildman–Crippen LogP) is 6.20. The molecule has 180 valence electrons. The van der Waals surface area contributed by atoms with E-state index in [9.17, 15) is 19.1 Å². The number of carbonyl (C=O) groups excluding carboxylic acids is 1. The topological polar surface area (TPSA) is 98.2 Å². The van der Waals surface area contributed by atoms with Gasteiger partial charge in [0.2, 0.25) is 5.91 Å². The van der Waals surface area contributed by atoms with Crippen LogP contribution in [0.25, 0.3) is 22.0 Å². The van der Waals surface area contributed by atoms with Gasteiger partial charge in [0.1, 0.15) is 10.8 Å². The number of aromatic nitrogens is 2. The summed E-state index contributed by atoms with van der Waals surface area (Å²) in [6, 6.07) is 8.06. The number of thiazole rings is 1. The van der Waals surface area contributed by atoms with E-state index in [-0.39, 0.29) is 29.8 Å². The molecule has 1 aliphatic carbocycles. The Hall–Kier alpha value is -3.00. The number of amides is 1. The molecule has 8 heteroatoms. The van der Waals surface area contributed by atoms with Crippen molar-refractivity contribution < 1.29 is 19.1 Å². The van der Waals surface area contributed by atoms with Crippen LogP contribution in [0.4, 0.5) is 4.39 Å². The smallest absolute Gasteiger partial charge is 0.337 e. The number of primary amides is 1. The van der Waals surface area contributed by atoms with Crippen LogP contribution in [0.3, 0.4) is 0 Å². The van der Waals surface area contributed by atoms with Crippen LogP contribution in [0.15, 0.2) is 35.7 Å². The number of nitrogens with zero attached hydrogens (tertiary/aromatic N) is 2. The maximum Gasteiger partial charge on any atom is 0.337 e. The predicted molar refractivity (Wildman–Crippen MR) is 131 cm³/mol. The Balaban J connectivity index is 1.77. The Morgan fingerprint density at radius 3 is 2.68 bits per heavy atom. The van der Waals surface area contributed by atoms with Gasteiger partial charge in [0.25, 0.3) is 0 Å². The van der Waals surface area contributed by atoms with Gasteiger partial charge in [-0.25, -0.2) is 14.2 Å². The van der Waals surface area contributed by atoms with Crippen molar-refractivity contribution >= 4 is 23.2 Å². The van der Waals surface area contributed by atoms with Gasteiger partial charge in [-0.05, 0) is 43.9 Å². The quantitative estimate of drug-likeness (QED) is 0.378. The van der Waals surface area contributed by atoms with E-state index in [0.717, 1.165) is 19.3 Å². The molecule has 3 aromatic rings. The van der Waals surface area contributed by atoms with Crippen molar-refractivity contribution in [1.29, 1.82) is 0 Å². The maximum atomic E-state index is 14.3. The van der Waals surface area contributed by atoms with E-state index in [2.05, 4.69) is 4.98 Å². The number of benzene rings is 1. The number of hydrogen-bond donors (Lipinski definition) is 2. The summed E-state index contributed by atoms with van der Waals surface area (Å²) in [6.45, 7) is 1.80. The third kappa shape index (κ3) is 5.22. The van der Waals surface area contributed by atoms with Gasteiger partial charge >= 0.3 is 5.97 Å². The van der Waals surface area contributed by atoms with E-state index >= 15 is 0 Å². The van der Waals surface area contributed by atoms with E-state index in [1.807, 2.05) is 9.95 Å². The van der Waals surface area contributed by atoms with E-state index in [1.54, 1.807) is 31.2 Å². The Morgan fingerprint density at radius 2 is 2.00 bits per heavy atom. The number of carboxylic acids is 1. The standard InChI is InChI=1S/C26H30FN3O3S/c1-16-20(26(32)33)14-23(22-15-34-25(29-22)19-9-5-6-10-21(19)27)30(16)18(11-12-24(28)31)13-17-7-3-2-4-8-17/h5-6,9-10,14-15,17-18H,2-4,7-8,11-13H2,1H3,(H2,28,31)(H,32,33). The summed E-state index contributed by atoms with van der Waals surface area (Å²) in [5.41, 5.74) is 8.03. The second kappa shape index (κ2) is 10.5. The van der Waals surface area contributed by atoms with Crippen LogP contribution >= 0.6 is 11.3 Å². The minimum absolute atomic E-state index is 0.0719. The third-order valence-corrected chi connectivity index (χ3v) is 7.69. The molecule has 0 saturated heterocycles. The van der Waals surface area contributed by atoms with Crippen molar-refractivity contribution in [3.8, 4) is 22.0 Å². The molecule has 0 aliphatic heterocycles. The highest BCUT2D eigenvalue weighted by atomic mass is 32.1. The molecule has 6 nitrogen and oxygen atoms in total. The van der Waals surface area contributed by atoms with Crippen LogP contribution in [-0.4, -0.2) is 26.5 Å². The molecule has 34 heavy (non-hydrogen) atoms. The molecule has 2 aromatic heterocycles. The molecular weight excluding hydrogens is 453 g/mol. The highest BCUT2D eigenvalue weighted by Gasteiger charge is 2.28. The Labute approximate surface area is 202 Å². The first-order valence-corrected chi connectivity index (χ1v) is 12.7. The second-order valence-corrected chi connectivity index (χ2v) is 9.98. The first-order chi connectivity index (χ1) is 16.3. The van der Waals surface area contributed by atoms with Crippen LogP contribution in [0, 0.1) is 18.7 Å². The minimum atomic E-state index is -1.01. The third-order valence-electron chi connectivity index (χ3n) is 6.81. The van der Waals surface area contributed by atoms with Crippen molar-refractivity contribution in [2.75, 3.05) is 0 Å². The maximum absolute atomic E-state index is 14.3. The monoisotopic (exact) mass is 483 g/mol. The van der Waals surface area contributed by atoms with Gasteiger partial charge in [-0.3, -0.25) is 4.79 Å². The van der Waals surface area contributed by atoms with Gasteiger partial charge < -0.3 is 15.4 Å². The summed E-state index contributed by atoms with van der Waals surface area (Å²) in [5.74, 6) is -1.20. The largest absolute Gasteiger partial charge is 0.478 e. The number of hydrogen-bond acceptors (Lipinski definition) is 4. The zero-order valence-corrected chi connectivity index (χ0v) is 20.1. The van der Waals surface area contributed by atoms with E-state index in [1.165, 1.54) is 36.7 Å². The molecule has 1 aromatic carbocycles. The van der Waals surface area contributed by atoms with Crippen LogP contribution in [-0.2, 0) is 4.79 Å². The van der Waals surface area contributed by atoms with E-state index < -0.39 is 5.97 Å². The van der Waals surface area contributed by atoms with E-state index in [0.29, 0.717) is 40.0 Å². The number of nitrogens with two attached hydrogens (primary N) is 1. The number of aromatic carboxylic acids is 1. The van der Waals surface area contributed by atoms with E-state index in [4.69, 9.17) is 5.73 Å². The molecule has 0 bridgehead atoms. The molecule has 1 saturated carbocycles. The normalized spacial score (nSPS) is 15.4. The molecule has 1 aliphatic rings. The fourth-order valence-corrected chi connectivity index (χ4v) is 5.96. The molecule has 4 rings (SSSR count). The summed E-state index contributed by atoms with van der Waals surface area (Å²) in [7, 11) is 0. The Kier molecular flexibility index (Phi) is 7.46. The van der Waals surface area contributed by atoms with Crippen molar-refractivity contribution in [3.63, 3.8) is 0 Å². The molecule has 1 atom stereocenters. The highest BCUT2D eigenvalue weighted by Crippen LogP contribution is 2.39. The molecule has 1 amide bonds. The van der Waals surface area contributed by atoms with Gasteiger partial charge in [0.05, 0.1) is 17.0 Å². The van der Waals surface area contributed by atoms with Gasteiger partial charge in [0, 0.05) is 29.1 Å². The van der Waals surface area contributed by atoms with Gasteiger partial charge in [0.15, 0.2) is 0 Å². The fourth-order valence-electron chi connectivity index (χ4n) is 5.12. The van der Waals surface area contributed by atoms with Crippen molar-refractivity contribution in [2.45, 2.75) is 64.3 Å². The molecule has 0 spiro atoms. The fraction of sp³-hybridized carbons (Fsp3) is 0.423. The van der Waals surface area contributed by atoms with Gasteiger partial charge in [-0.1, -0.05) is 44.2 Å². The summed E-state index contributed by atoms with van der Waals surface area (Å²) < 4.78 is 16.4. The second-order valence-electron chi connectivity index (χ2n) is 9.12. The number of carbonyl (C=O) groups is 2. The number of carboxylic acid groups (broad SMARTS) is 1.